The normalized spacial score (nSPS) is 18.9. The Hall–Kier alpha value is -0.280. The summed E-state index contributed by atoms with van der Waals surface area (Å²) in [5, 5.41) is 8.32. The van der Waals surface area contributed by atoms with E-state index in [1.807, 2.05) is 11.9 Å². The summed E-state index contributed by atoms with van der Waals surface area (Å²) in [6, 6.07) is 2.07. The average molecular weight is 229 g/mol. The van der Waals surface area contributed by atoms with Crippen molar-refractivity contribution in [2.45, 2.75) is 6.42 Å². The van der Waals surface area contributed by atoms with Gasteiger partial charge in [-0.3, -0.25) is 4.90 Å². The smallest absolute Gasteiger partial charge is 0.0645 e. The van der Waals surface area contributed by atoms with E-state index < -0.39 is 0 Å². The Balaban J connectivity index is 1.97. The first-order valence-corrected chi connectivity index (χ1v) is 6.51. The molecule has 1 heterocycles. The minimum atomic E-state index is 0.500. The molecule has 0 aliphatic carbocycles. The Morgan fingerprint density at radius 1 is 1.27 bits per heavy atom. The predicted octanol–water partition coefficient (Wildman–Crippen LogP) is 0.812. The minimum Gasteiger partial charge on any atom is -0.379 e. The number of nitriles is 1. The van der Waals surface area contributed by atoms with Gasteiger partial charge in [-0.2, -0.15) is 5.26 Å². The number of hydrogen-bond donors (Lipinski definition) is 0. The molecule has 0 aromatic rings. The van der Waals surface area contributed by atoms with Gasteiger partial charge in [0.2, 0.25) is 0 Å². The van der Waals surface area contributed by atoms with E-state index in [0.29, 0.717) is 13.0 Å². The first-order chi connectivity index (χ1) is 7.36. The summed E-state index contributed by atoms with van der Waals surface area (Å²) in [6.45, 7) is 6.85. The molecule has 0 radical (unpaired) electrons. The molecule has 0 amide bonds. The van der Waals surface area contributed by atoms with Gasteiger partial charge in [0.05, 0.1) is 25.7 Å². The van der Waals surface area contributed by atoms with E-state index in [0.717, 1.165) is 39.3 Å². The van der Waals surface area contributed by atoms with E-state index in [9.17, 15) is 0 Å². The van der Waals surface area contributed by atoms with Crippen molar-refractivity contribution in [1.29, 1.82) is 5.26 Å². The Bertz CT molecular complexity index is 199. The van der Waals surface area contributed by atoms with Gasteiger partial charge >= 0.3 is 0 Å². The van der Waals surface area contributed by atoms with Crippen molar-refractivity contribution in [3.05, 3.63) is 0 Å². The van der Waals surface area contributed by atoms with Crippen LogP contribution in [0.2, 0.25) is 0 Å². The number of rotatable bonds is 6. The van der Waals surface area contributed by atoms with Crippen LogP contribution in [0.15, 0.2) is 0 Å². The average Bonchev–Trinajstić information content (AvgIpc) is 2.30. The van der Waals surface area contributed by atoms with Crippen molar-refractivity contribution in [3.8, 4) is 6.07 Å². The third-order valence-electron chi connectivity index (χ3n) is 2.50. The number of hydrogen-bond acceptors (Lipinski definition) is 5. The monoisotopic (exact) mass is 229 g/mol. The molecule has 15 heavy (non-hydrogen) atoms. The summed E-state index contributed by atoms with van der Waals surface area (Å²) >= 11 is 1.82. The van der Waals surface area contributed by atoms with E-state index in [4.69, 9.17) is 10.00 Å². The lowest BCUT2D eigenvalue weighted by Crippen LogP contribution is -2.44. The molecule has 0 aromatic carbocycles. The zero-order valence-electron chi connectivity index (χ0n) is 9.31. The van der Waals surface area contributed by atoms with Gasteiger partial charge in [-0.05, 0) is 6.26 Å². The van der Waals surface area contributed by atoms with Crippen molar-refractivity contribution >= 4 is 11.9 Å². The van der Waals surface area contributed by atoms with Crippen molar-refractivity contribution < 1.29 is 4.74 Å². The third kappa shape index (κ3) is 5.38. The third-order valence-corrected chi connectivity index (χ3v) is 3.38. The second-order valence-corrected chi connectivity index (χ2v) is 4.36. The summed E-state index contributed by atoms with van der Waals surface area (Å²) in [5.41, 5.74) is 0. The molecule has 5 heteroatoms. The van der Waals surface area contributed by atoms with Crippen LogP contribution >= 0.6 is 11.9 Å². The first-order valence-electron chi connectivity index (χ1n) is 5.33. The van der Waals surface area contributed by atoms with Crippen molar-refractivity contribution in [1.82, 2.24) is 9.21 Å². The van der Waals surface area contributed by atoms with Crippen molar-refractivity contribution in [3.63, 3.8) is 0 Å². The fourth-order valence-corrected chi connectivity index (χ4v) is 2.08. The number of nitrogens with zero attached hydrogens (tertiary/aromatic N) is 3. The van der Waals surface area contributed by atoms with Crippen LogP contribution < -0.4 is 0 Å². The van der Waals surface area contributed by atoms with Gasteiger partial charge in [0, 0.05) is 32.7 Å². The molecule has 0 bridgehead atoms. The summed E-state index contributed by atoms with van der Waals surface area (Å²) in [6.07, 6.45) is 2.63. The summed E-state index contributed by atoms with van der Waals surface area (Å²) in [5.74, 6) is 0. The highest BCUT2D eigenvalue weighted by Gasteiger charge is 2.15. The summed E-state index contributed by atoms with van der Waals surface area (Å²) in [4.78, 5) is 2.42. The van der Waals surface area contributed by atoms with Gasteiger partial charge in [-0.1, -0.05) is 11.9 Å². The lowest BCUT2D eigenvalue weighted by Gasteiger charge is -2.32. The SMILES string of the molecule is CSN1CCN(CCOCCC#N)CC1. The van der Waals surface area contributed by atoms with Gasteiger partial charge in [0.15, 0.2) is 0 Å². The van der Waals surface area contributed by atoms with Crippen LogP contribution in [-0.2, 0) is 4.74 Å². The molecule has 1 rings (SSSR count). The minimum absolute atomic E-state index is 0.500. The highest BCUT2D eigenvalue weighted by Crippen LogP contribution is 2.09. The molecule has 0 spiro atoms. The summed E-state index contributed by atoms with van der Waals surface area (Å²) < 4.78 is 7.73. The molecule has 1 aliphatic rings. The van der Waals surface area contributed by atoms with E-state index in [1.165, 1.54) is 0 Å². The first kappa shape index (κ1) is 12.8. The zero-order chi connectivity index (χ0) is 10.9. The van der Waals surface area contributed by atoms with Crippen molar-refractivity contribution in [2.24, 2.45) is 0 Å². The standard InChI is InChI=1S/C10H19N3OS/c1-15-13-6-4-12(5-7-13)8-10-14-9-2-3-11/h2,4-10H2,1H3. The van der Waals surface area contributed by atoms with Gasteiger partial charge in [-0.15, -0.1) is 0 Å². The molecule has 0 unspecified atom stereocenters. The molecule has 0 atom stereocenters. The molecular weight excluding hydrogens is 210 g/mol. The highest BCUT2D eigenvalue weighted by atomic mass is 32.2. The van der Waals surface area contributed by atoms with E-state index in [2.05, 4.69) is 21.5 Å². The fraction of sp³-hybridized carbons (Fsp3) is 0.900. The largest absolute Gasteiger partial charge is 0.379 e. The van der Waals surface area contributed by atoms with Gasteiger partial charge in [0.25, 0.3) is 0 Å². The van der Waals surface area contributed by atoms with Crippen LogP contribution in [-0.4, -0.2) is 61.4 Å². The molecule has 1 saturated heterocycles. The van der Waals surface area contributed by atoms with Crippen LogP contribution in [0, 0.1) is 11.3 Å². The van der Waals surface area contributed by atoms with Gasteiger partial charge < -0.3 is 4.74 Å². The molecule has 0 aromatic heterocycles. The molecule has 86 valence electrons. The number of ether oxygens (including phenoxy) is 1. The maximum absolute atomic E-state index is 8.32. The second kappa shape index (κ2) is 7.94. The quantitative estimate of drug-likeness (QED) is 0.498. The predicted molar refractivity (Wildman–Crippen MR) is 62.6 cm³/mol. The van der Waals surface area contributed by atoms with Crippen LogP contribution in [0.5, 0.6) is 0 Å². The van der Waals surface area contributed by atoms with Crippen LogP contribution in [0.4, 0.5) is 0 Å². The molecule has 1 aliphatic heterocycles. The zero-order valence-corrected chi connectivity index (χ0v) is 10.1. The maximum Gasteiger partial charge on any atom is 0.0645 e. The molecule has 0 saturated carbocycles. The Labute approximate surface area is 96.3 Å². The van der Waals surface area contributed by atoms with E-state index >= 15 is 0 Å². The van der Waals surface area contributed by atoms with Crippen molar-refractivity contribution in [2.75, 3.05) is 52.2 Å². The second-order valence-electron chi connectivity index (χ2n) is 3.47. The highest BCUT2D eigenvalue weighted by molar-refractivity contribution is 7.96. The lowest BCUT2D eigenvalue weighted by molar-refractivity contribution is 0.0949. The Kier molecular flexibility index (Phi) is 6.77. The van der Waals surface area contributed by atoms with E-state index in [-0.39, 0.29) is 0 Å². The summed E-state index contributed by atoms with van der Waals surface area (Å²) in [7, 11) is 0. The lowest BCUT2D eigenvalue weighted by atomic mass is 10.3. The topological polar surface area (TPSA) is 39.5 Å². The maximum atomic E-state index is 8.32. The van der Waals surface area contributed by atoms with E-state index in [1.54, 1.807) is 0 Å². The Morgan fingerprint density at radius 2 is 2.00 bits per heavy atom. The molecule has 1 fully saturated rings. The molecule has 4 nitrogen and oxygen atoms in total. The van der Waals surface area contributed by atoms with Crippen LogP contribution in [0.3, 0.4) is 0 Å². The Morgan fingerprint density at radius 3 is 2.60 bits per heavy atom. The van der Waals surface area contributed by atoms with Crippen LogP contribution in [0.1, 0.15) is 6.42 Å². The van der Waals surface area contributed by atoms with Gasteiger partial charge in [0.1, 0.15) is 0 Å². The molecular formula is C10H19N3OS. The number of piperazine rings is 1. The molecule has 0 N–H and O–H groups in total. The fourth-order valence-electron chi connectivity index (χ4n) is 1.55. The van der Waals surface area contributed by atoms with Crippen LogP contribution in [0.25, 0.3) is 0 Å². The van der Waals surface area contributed by atoms with Gasteiger partial charge in [-0.25, -0.2) is 4.31 Å².